The first-order chi connectivity index (χ1) is 16.9. The van der Waals surface area contributed by atoms with Crippen molar-refractivity contribution in [1.82, 2.24) is 9.69 Å². The van der Waals surface area contributed by atoms with Gasteiger partial charge in [0, 0.05) is 16.6 Å². The standard InChI is InChI=1S/C25H29N5O3S2/c1-2-15-10-12-17(13-11-15)30(25(33)22-19(26)20(23(27)31)29-35-22)21(18-9-6-14-34-18)24(32)28-16-7-4-3-5-8-16/h6,9-14,16,21H,2-5,7-8,26H2,1H3,(H2,27,31)(H,28,32). The van der Waals surface area contributed by atoms with Crippen molar-refractivity contribution in [2.24, 2.45) is 5.73 Å². The molecule has 1 atom stereocenters. The molecule has 4 rings (SSSR count). The Labute approximate surface area is 212 Å². The van der Waals surface area contributed by atoms with Crippen molar-refractivity contribution in [2.75, 3.05) is 10.6 Å². The highest BCUT2D eigenvalue weighted by Crippen LogP contribution is 2.35. The number of carbonyl (C=O) groups excluding carboxylic acids is 3. The van der Waals surface area contributed by atoms with Crippen molar-refractivity contribution in [3.63, 3.8) is 0 Å². The molecule has 2 aromatic heterocycles. The Hall–Kier alpha value is -3.24. The number of nitrogen functional groups attached to an aromatic ring is 1. The van der Waals surface area contributed by atoms with Crippen molar-refractivity contribution in [2.45, 2.75) is 57.5 Å². The van der Waals surface area contributed by atoms with E-state index in [1.165, 1.54) is 22.7 Å². The van der Waals surface area contributed by atoms with Crippen molar-refractivity contribution in [1.29, 1.82) is 0 Å². The van der Waals surface area contributed by atoms with Crippen LogP contribution < -0.4 is 21.7 Å². The van der Waals surface area contributed by atoms with E-state index in [9.17, 15) is 14.4 Å². The zero-order valence-corrected chi connectivity index (χ0v) is 21.2. The number of anilines is 2. The minimum atomic E-state index is -0.907. The third-order valence-corrected chi connectivity index (χ3v) is 8.04. The Morgan fingerprint density at radius 1 is 1.14 bits per heavy atom. The van der Waals surface area contributed by atoms with Crippen LogP contribution in [0.15, 0.2) is 41.8 Å². The van der Waals surface area contributed by atoms with Crippen LogP contribution in [0.4, 0.5) is 11.4 Å². The summed E-state index contributed by atoms with van der Waals surface area (Å²) in [5, 5.41) is 5.06. The van der Waals surface area contributed by atoms with E-state index in [4.69, 9.17) is 11.5 Å². The van der Waals surface area contributed by atoms with Crippen LogP contribution in [0.2, 0.25) is 0 Å². The lowest BCUT2D eigenvalue weighted by Gasteiger charge is -2.32. The van der Waals surface area contributed by atoms with Crippen molar-refractivity contribution in [3.05, 3.63) is 62.8 Å². The molecule has 184 valence electrons. The van der Waals surface area contributed by atoms with E-state index in [2.05, 4.69) is 9.69 Å². The van der Waals surface area contributed by atoms with Gasteiger partial charge < -0.3 is 16.8 Å². The minimum absolute atomic E-state index is 0.0692. The van der Waals surface area contributed by atoms with Gasteiger partial charge in [-0.05, 0) is 59.9 Å². The van der Waals surface area contributed by atoms with Crippen LogP contribution in [0.5, 0.6) is 0 Å². The van der Waals surface area contributed by atoms with Crippen LogP contribution in [-0.2, 0) is 11.2 Å². The molecule has 8 nitrogen and oxygen atoms in total. The lowest BCUT2D eigenvalue weighted by atomic mass is 9.95. The topological polar surface area (TPSA) is 131 Å². The number of rotatable bonds is 8. The first-order valence-electron chi connectivity index (χ1n) is 11.7. The van der Waals surface area contributed by atoms with Crippen molar-refractivity contribution < 1.29 is 14.4 Å². The van der Waals surface area contributed by atoms with Crippen LogP contribution in [0.1, 0.15) is 75.7 Å². The van der Waals surface area contributed by atoms with E-state index in [0.717, 1.165) is 54.1 Å². The summed E-state index contributed by atoms with van der Waals surface area (Å²) < 4.78 is 4.00. The highest BCUT2D eigenvalue weighted by molar-refractivity contribution is 7.10. The second kappa shape index (κ2) is 11.0. The number of carbonyl (C=O) groups is 3. The van der Waals surface area contributed by atoms with E-state index in [-0.39, 0.29) is 28.2 Å². The van der Waals surface area contributed by atoms with Crippen LogP contribution >= 0.6 is 22.9 Å². The third-order valence-electron chi connectivity index (χ3n) is 6.27. The molecule has 3 aromatic rings. The molecule has 1 saturated carbocycles. The summed E-state index contributed by atoms with van der Waals surface area (Å²) in [5.41, 5.74) is 12.9. The van der Waals surface area contributed by atoms with Gasteiger partial charge in [0.1, 0.15) is 4.88 Å². The third kappa shape index (κ3) is 5.38. The molecule has 10 heteroatoms. The fourth-order valence-electron chi connectivity index (χ4n) is 4.36. The summed E-state index contributed by atoms with van der Waals surface area (Å²) in [6.45, 7) is 2.05. The summed E-state index contributed by atoms with van der Waals surface area (Å²) >= 11 is 2.22. The van der Waals surface area contributed by atoms with Crippen LogP contribution in [-0.4, -0.2) is 28.1 Å². The van der Waals surface area contributed by atoms with Gasteiger partial charge in [-0.2, -0.15) is 4.37 Å². The SMILES string of the molecule is CCc1ccc(N(C(=O)c2snc(C(N)=O)c2N)C(C(=O)NC2CCCCC2)c2cccs2)cc1. The number of nitrogens with one attached hydrogen (secondary N) is 1. The molecule has 0 bridgehead atoms. The second-order valence-corrected chi connectivity index (χ2v) is 10.3. The van der Waals surface area contributed by atoms with Gasteiger partial charge in [0.05, 0.1) is 5.69 Å². The summed E-state index contributed by atoms with van der Waals surface area (Å²) in [6, 6.07) is 10.4. The van der Waals surface area contributed by atoms with Gasteiger partial charge in [0.15, 0.2) is 11.7 Å². The van der Waals surface area contributed by atoms with Crippen molar-refractivity contribution >= 4 is 52.0 Å². The van der Waals surface area contributed by atoms with E-state index in [1.807, 2.05) is 48.7 Å². The quantitative estimate of drug-likeness (QED) is 0.415. The molecule has 1 fully saturated rings. The molecule has 1 aliphatic rings. The number of aromatic nitrogens is 1. The van der Waals surface area contributed by atoms with E-state index in [0.29, 0.717) is 5.69 Å². The lowest BCUT2D eigenvalue weighted by molar-refractivity contribution is -0.123. The molecular weight excluding hydrogens is 482 g/mol. The predicted molar refractivity (Wildman–Crippen MR) is 140 cm³/mol. The minimum Gasteiger partial charge on any atom is -0.395 e. The maximum absolute atomic E-state index is 14.0. The molecule has 0 saturated heterocycles. The normalized spacial score (nSPS) is 14.9. The molecule has 35 heavy (non-hydrogen) atoms. The van der Waals surface area contributed by atoms with Gasteiger partial charge in [0.25, 0.3) is 11.8 Å². The van der Waals surface area contributed by atoms with Gasteiger partial charge >= 0.3 is 0 Å². The number of benzene rings is 1. The molecule has 3 amide bonds. The van der Waals surface area contributed by atoms with E-state index < -0.39 is 17.9 Å². The number of amides is 3. The first-order valence-corrected chi connectivity index (χ1v) is 13.4. The summed E-state index contributed by atoms with van der Waals surface area (Å²) in [4.78, 5) is 41.7. The molecule has 5 N–H and O–H groups in total. The largest absolute Gasteiger partial charge is 0.395 e. The van der Waals surface area contributed by atoms with Gasteiger partial charge in [-0.25, -0.2) is 0 Å². The zero-order valence-electron chi connectivity index (χ0n) is 19.5. The number of hydrogen-bond acceptors (Lipinski definition) is 7. The smallest absolute Gasteiger partial charge is 0.273 e. The number of aryl methyl sites for hydroxylation is 1. The number of thiophene rings is 1. The molecule has 1 unspecified atom stereocenters. The van der Waals surface area contributed by atoms with E-state index >= 15 is 0 Å². The Kier molecular flexibility index (Phi) is 7.82. The molecule has 1 aromatic carbocycles. The van der Waals surface area contributed by atoms with Gasteiger partial charge in [0.2, 0.25) is 5.91 Å². The molecule has 2 heterocycles. The molecule has 0 aliphatic heterocycles. The zero-order chi connectivity index (χ0) is 24.9. The van der Waals surface area contributed by atoms with E-state index in [1.54, 1.807) is 0 Å². The lowest BCUT2D eigenvalue weighted by Crippen LogP contribution is -2.47. The number of nitrogens with zero attached hydrogens (tertiary/aromatic N) is 2. The molecular formula is C25H29N5O3S2. The number of primary amides is 1. The fourth-order valence-corrected chi connectivity index (χ4v) is 5.92. The Balaban J connectivity index is 1.79. The number of hydrogen-bond donors (Lipinski definition) is 3. The Morgan fingerprint density at radius 2 is 1.86 bits per heavy atom. The average Bonchev–Trinajstić information content (AvgIpc) is 3.52. The highest BCUT2D eigenvalue weighted by atomic mass is 32.1. The Bertz CT molecular complexity index is 1180. The maximum Gasteiger partial charge on any atom is 0.273 e. The number of nitrogens with two attached hydrogens (primary N) is 2. The van der Waals surface area contributed by atoms with Crippen LogP contribution in [0.3, 0.4) is 0 Å². The summed E-state index contributed by atoms with van der Waals surface area (Å²) in [5.74, 6) is -1.55. The first kappa shape index (κ1) is 24.9. The van der Waals surface area contributed by atoms with Crippen molar-refractivity contribution in [3.8, 4) is 0 Å². The fraction of sp³-hybridized carbons (Fsp3) is 0.360. The molecule has 1 aliphatic carbocycles. The van der Waals surface area contributed by atoms with Crippen LogP contribution in [0, 0.1) is 0 Å². The predicted octanol–water partition coefficient (Wildman–Crippen LogP) is 4.29. The average molecular weight is 512 g/mol. The van der Waals surface area contributed by atoms with Gasteiger partial charge in [-0.15, -0.1) is 11.3 Å². The second-order valence-electron chi connectivity index (χ2n) is 8.59. The van der Waals surface area contributed by atoms with Gasteiger partial charge in [-0.3, -0.25) is 19.3 Å². The Morgan fingerprint density at radius 3 is 2.43 bits per heavy atom. The van der Waals surface area contributed by atoms with Crippen LogP contribution in [0.25, 0.3) is 0 Å². The summed E-state index contributed by atoms with van der Waals surface area (Å²) in [7, 11) is 0. The monoisotopic (exact) mass is 511 g/mol. The molecule has 0 radical (unpaired) electrons. The summed E-state index contributed by atoms with van der Waals surface area (Å²) in [6.07, 6.45) is 6.00. The maximum atomic E-state index is 14.0. The van der Waals surface area contributed by atoms with Gasteiger partial charge in [-0.1, -0.05) is 44.4 Å². The highest BCUT2D eigenvalue weighted by Gasteiger charge is 2.37. The molecule has 0 spiro atoms.